The third-order valence-corrected chi connectivity index (χ3v) is 3.89. The largest absolute Gasteiger partial charge is 0.329 e. The highest BCUT2D eigenvalue weighted by Crippen LogP contribution is 2.20. The van der Waals surface area contributed by atoms with Gasteiger partial charge in [-0.05, 0) is 50.3 Å². The number of anilines is 1. The molecule has 1 saturated carbocycles. The van der Waals surface area contributed by atoms with E-state index in [1.54, 1.807) is 18.2 Å². The summed E-state index contributed by atoms with van der Waals surface area (Å²) in [7, 11) is 0. The fraction of sp³-hybridized carbons (Fsp3) is 0.438. The van der Waals surface area contributed by atoms with Crippen LogP contribution < -0.4 is 10.7 Å². The molecule has 22 heavy (non-hydrogen) atoms. The monoisotopic (exact) mass is 321 g/mol. The predicted octanol–water partition coefficient (Wildman–Crippen LogP) is 3.41. The van der Waals surface area contributed by atoms with E-state index >= 15 is 0 Å². The second kappa shape index (κ2) is 7.94. The van der Waals surface area contributed by atoms with Crippen LogP contribution in [0.2, 0.25) is 5.02 Å². The maximum Gasteiger partial charge on any atom is 0.329 e. The summed E-state index contributed by atoms with van der Waals surface area (Å²) in [6, 6.07) is 5.12. The quantitative estimate of drug-likeness (QED) is 0.498. The molecule has 1 aliphatic rings. The molecule has 1 aliphatic carbocycles. The van der Waals surface area contributed by atoms with Crippen molar-refractivity contribution in [3.63, 3.8) is 0 Å². The van der Waals surface area contributed by atoms with Crippen LogP contribution >= 0.6 is 11.6 Å². The number of aryl methyl sites for hydroxylation is 1. The molecule has 0 unspecified atom stereocenters. The van der Waals surface area contributed by atoms with Crippen LogP contribution in [-0.2, 0) is 9.59 Å². The Balaban J connectivity index is 1.93. The molecule has 0 aromatic heterocycles. The van der Waals surface area contributed by atoms with Crippen LogP contribution in [0.5, 0.6) is 0 Å². The summed E-state index contributed by atoms with van der Waals surface area (Å²) < 4.78 is 0. The van der Waals surface area contributed by atoms with E-state index in [1.807, 2.05) is 6.92 Å². The molecule has 2 N–H and O–H groups in total. The molecule has 0 radical (unpaired) electrons. The second-order valence-electron chi connectivity index (χ2n) is 5.45. The molecule has 2 rings (SSSR count). The molecule has 1 aromatic carbocycles. The van der Waals surface area contributed by atoms with Gasteiger partial charge in [-0.15, -0.1) is 0 Å². The van der Waals surface area contributed by atoms with Crippen LogP contribution in [0.4, 0.5) is 5.69 Å². The van der Waals surface area contributed by atoms with Gasteiger partial charge in [0.1, 0.15) is 0 Å². The molecule has 1 fully saturated rings. The Morgan fingerprint density at radius 3 is 2.45 bits per heavy atom. The van der Waals surface area contributed by atoms with E-state index in [0.29, 0.717) is 10.7 Å². The van der Waals surface area contributed by atoms with Gasteiger partial charge in [0.05, 0.1) is 0 Å². The summed E-state index contributed by atoms with van der Waals surface area (Å²) in [5, 5.41) is 7.12. The van der Waals surface area contributed by atoms with E-state index in [0.717, 1.165) is 37.0 Å². The minimum absolute atomic E-state index is 0.500. The maximum absolute atomic E-state index is 11.9. The average Bonchev–Trinajstić information content (AvgIpc) is 2.77. The first-order valence-corrected chi connectivity index (χ1v) is 7.87. The van der Waals surface area contributed by atoms with E-state index in [-0.39, 0.29) is 0 Å². The first-order valence-electron chi connectivity index (χ1n) is 7.49. The minimum Gasteiger partial charge on any atom is -0.317 e. The number of hydrogen-bond acceptors (Lipinski definition) is 3. The lowest BCUT2D eigenvalue weighted by Crippen LogP contribution is -2.33. The van der Waals surface area contributed by atoms with Crippen LogP contribution in [0.1, 0.15) is 44.1 Å². The number of hydrogen-bond donors (Lipinski definition) is 2. The minimum atomic E-state index is -0.767. The lowest BCUT2D eigenvalue weighted by Gasteiger charge is -2.08. The maximum atomic E-state index is 11.9. The average molecular weight is 322 g/mol. The van der Waals surface area contributed by atoms with Crippen LogP contribution in [0.25, 0.3) is 0 Å². The molecule has 5 nitrogen and oxygen atoms in total. The van der Waals surface area contributed by atoms with Gasteiger partial charge in [-0.25, -0.2) is 5.43 Å². The van der Waals surface area contributed by atoms with E-state index in [2.05, 4.69) is 15.8 Å². The summed E-state index contributed by atoms with van der Waals surface area (Å²) in [4.78, 5) is 23.7. The SMILES string of the molecule is Cc1ccc(Cl)cc1NC(=O)C(=O)NN=C1CCCCCC1. The van der Waals surface area contributed by atoms with Gasteiger partial charge >= 0.3 is 11.8 Å². The highest BCUT2D eigenvalue weighted by atomic mass is 35.5. The molecule has 0 spiro atoms. The predicted molar refractivity (Wildman–Crippen MR) is 88.1 cm³/mol. The molecule has 2 amide bonds. The Hall–Kier alpha value is -1.88. The summed E-state index contributed by atoms with van der Waals surface area (Å²) in [5.41, 5.74) is 4.65. The zero-order chi connectivity index (χ0) is 15.9. The van der Waals surface area contributed by atoms with Crippen molar-refractivity contribution >= 4 is 34.8 Å². The number of rotatable bonds is 2. The zero-order valence-corrected chi connectivity index (χ0v) is 13.4. The fourth-order valence-electron chi connectivity index (χ4n) is 2.34. The van der Waals surface area contributed by atoms with E-state index in [9.17, 15) is 9.59 Å². The van der Waals surface area contributed by atoms with Crippen LogP contribution in [0, 0.1) is 6.92 Å². The van der Waals surface area contributed by atoms with Crippen LogP contribution in [0.3, 0.4) is 0 Å². The number of nitrogens with one attached hydrogen (secondary N) is 2. The number of nitrogens with zero attached hydrogens (tertiary/aromatic N) is 1. The van der Waals surface area contributed by atoms with Crippen molar-refractivity contribution in [3.8, 4) is 0 Å². The molecule has 6 heteroatoms. The van der Waals surface area contributed by atoms with Gasteiger partial charge in [-0.2, -0.15) is 5.10 Å². The molecule has 0 aliphatic heterocycles. The van der Waals surface area contributed by atoms with Gasteiger partial charge in [0.15, 0.2) is 0 Å². The summed E-state index contributed by atoms with van der Waals surface area (Å²) >= 11 is 5.88. The molecule has 0 heterocycles. The normalized spacial score (nSPS) is 14.9. The van der Waals surface area contributed by atoms with E-state index in [4.69, 9.17) is 11.6 Å². The zero-order valence-electron chi connectivity index (χ0n) is 12.6. The van der Waals surface area contributed by atoms with Crippen molar-refractivity contribution in [1.29, 1.82) is 0 Å². The molecular formula is C16H20ClN3O2. The molecule has 1 aromatic rings. The standard InChI is InChI=1S/C16H20ClN3O2/c1-11-8-9-12(17)10-14(11)18-15(21)16(22)20-19-13-6-4-2-3-5-7-13/h8-10H,2-7H2,1H3,(H,18,21)(H,20,22). The summed E-state index contributed by atoms with van der Waals surface area (Å²) in [5.74, 6) is -1.51. The van der Waals surface area contributed by atoms with Crippen molar-refractivity contribution < 1.29 is 9.59 Å². The number of halogens is 1. The number of benzene rings is 1. The van der Waals surface area contributed by atoms with Crippen molar-refractivity contribution in [2.45, 2.75) is 45.4 Å². The fourth-order valence-corrected chi connectivity index (χ4v) is 2.51. The molecule has 0 atom stereocenters. The van der Waals surface area contributed by atoms with Gasteiger partial charge < -0.3 is 5.32 Å². The lowest BCUT2D eigenvalue weighted by molar-refractivity contribution is -0.136. The van der Waals surface area contributed by atoms with E-state index < -0.39 is 11.8 Å². The molecule has 118 valence electrons. The molecule has 0 bridgehead atoms. The third-order valence-electron chi connectivity index (χ3n) is 3.65. The molecular weight excluding hydrogens is 302 g/mol. The van der Waals surface area contributed by atoms with Crippen molar-refractivity contribution in [1.82, 2.24) is 5.43 Å². The highest BCUT2D eigenvalue weighted by Gasteiger charge is 2.15. The first kappa shape index (κ1) is 16.5. The van der Waals surface area contributed by atoms with Gasteiger partial charge in [0.25, 0.3) is 0 Å². The number of amides is 2. The number of hydrazone groups is 1. The Morgan fingerprint density at radius 2 is 1.77 bits per heavy atom. The highest BCUT2D eigenvalue weighted by molar-refractivity contribution is 6.40. The lowest BCUT2D eigenvalue weighted by atomic mass is 10.2. The Morgan fingerprint density at radius 1 is 1.09 bits per heavy atom. The smallest absolute Gasteiger partial charge is 0.317 e. The van der Waals surface area contributed by atoms with E-state index in [1.165, 1.54) is 12.8 Å². The second-order valence-corrected chi connectivity index (χ2v) is 5.88. The van der Waals surface area contributed by atoms with Crippen molar-refractivity contribution in [3.05, 3.63) is 28.8 Å². The van der Waals surface area contributed by atoms with Crippen LogP contribution in [-0.4, -0.2) is 17.5 Å². The Labute approximate surface area is 135 Å². The van der Waals surface area contributed by atoms with Crippen LogP contribution in [0.15, 0.2) is 23.3 Å². The van der Waals surface area contributed by atoms with Gasteiger partial charge in [0, 0.05) is 16.4 Å². The number of carbonyl (C=O) groups excluding carboxylic acids is 2. The topological polar surface area (TPSA) is 70.6 Å². The third kappa shape index (κ3) is 4.84. The van der Waals surface area contributed by atoms with Crippen molar-refractivity contribution in [2.75, 3.05) is 5.32 Å². The number of carbonyl (C=O) groups is 2. The molecule has 0 saturated heterocycles. The van der Waals surface area contributed by atoms with Gasteiger partial charge in [-0.3, -0.25) is 9.59 Å². The Bertz CT molecular complexity index is 589. The summed E-state index contributed by atoms with van der Waals surface area (Å²) in [6.45, 7) is 1.83. The van der Waals surface area contributed by atoms with Gasteiger partial charge in [-0.1, -0.05) is 30.5 Å². The first-order chi connectivity index (χ1) is 10.6. The Kier molecular flexibility index (Phi) is 5.95. The summed E-state index contributed by atoms with van der Waals surface area (Å²) in [6.07, 6.45) is 6.33. The van der Waals surface area contributed by atoms with Crippen molar-refractivity contribution in [2.24, 2.45) is 5.10 Å². The van der Waals surface area contributed by atoms with Gasteiger partial charge in [0.2, 0.25) is 0 Å².